The molecule has 0 spiro atoms. The van der Waals surface area contributed by atoms with Crippen LogP contribution in [0.4, 0.5) is 11.4 Å². The Morgan fingerprint density at radius 3 is 2.14 bits per heavy atom. The van der Waals surface area contributed by atoms with Gasteiger partial charge in [-0.05, 0) is 36.4 Å². The van der Waals surface area contributed by atoms with E-state index < -0.39 is 0 Å². The van der Waals surface area contributed by atoms with Gasteiger partial charge in [-0.25, -0.2) is 4.99 Å². The Bertz CT molecular complexity index is 918. The molecule has 1 amide bonds. The Balaban J connectivity index is 0.00000280. The van der Waals surface area contributed by atoms with Crippen LogP contribution in [0.15, 0.2) is 89.9 Å². The number of carbonyl (C=O) groups excluding carboxylic acids is 1. The number of hydrogen-bond donors (Lipinski definition) is 3. The van der Waals surface area contributed by atoms with Crippen LogP contribution in [0.1, 0.15) is 0 Å². The molecule has 144 valence electrons. The zero-order valence-corrected chi connectivity index (χ0v) is 17.4. The second-order valence-corrected chi connectivity index (χ2v) is 5.68. The third-order valence-electron chi connectivity index (χ3n) is 3.54. The molecule has 3 rings (SSSR count). The van der Waals surface area contributed by atoms with E-state index in [1.54, 1.807) is 18.2 Å². The van der Waals surface area contributed by atoms with Crippen molar-refractivity contribution in [2.24, 2.45) is 10.7 Å². The molecule has 0 saturated heterocycles. The van der Waals surface area contributed by atoms with Crippen molar-refractivity contribution in [3.8, 4) is 11.5 Å². The van der Waals surface area contributed by atoms with Crippen LogP contribution < -0.4 is 21.1 Å². The highest BCUT2D eigenvalue weighted by Gasteiger charge is 2.03. The van der Waals surface area contributed by atoms with Gasteiger partial charge in [-0.2, -0.15) is 0 Å². The molecule has 0 unspecified atom stereocenters. The van der Waals surface area contributed by atoms with Crippen LogP contribution in [0.5, 0.6) is 11.5 Å². The number of amides is 1. The number of nitrogens with two attached hydrogens (primary N) is 1. The predicted octanol–water partition coefficient (Wildman–Crippen LogP) is 4.46. The Morgan fingerprint density at radius 2 is 1.43 bits per heavy atom. The molecule has 28 heavy (non-hydrogen) atoms. The van der Waals surface area contributed by atoms with E-state index in [2.05, 4.69) is 15.6 Å². The number of carbonyl (C=O) groups is 1. The Morgan fingerprint density at radius 1 is 0.821 bits per heavy atom. The lowest BCUT2D eigenvalue weighted by atomic mass is 10.3. The average molecular weight is 488 g/mol. The zero-order chi connectivity index (χ0) is 18.9. The Kier molecular flexibility index (Phi) is 8.29. The number of anilines is 2. The first kappa shape index (κ1) is 21.2. The third-order valence-corrected chi connectivity index (χ3v) is 3.54. The van der Waals surface area contributed by atoms with Crippen molar-refractivity contribution in [3.63, 3.8) is 0 Å². The lowest BCUT2D eigenvalue weighted by molar-refractivity contribution is -0.114. The molecule has 0 aromatic heterocycles. The van der Waals surface area contributed by atoms with Crippen LogP contribution in [0, 0.1) is 0 Å². The van der Waals surface area contributed by atoms with E-state index in [4.69, 9.17) is 10.5 Å². The fraction of sp³-hybridized carbons (Fsp3) is 0.0476. The van der Waals surface area contributed by atoms with Gasteiger partial charge in [0.05, 0.1) is 0 Å². The summed E-state index contributed by atoms with van der Waals surface area (Å²) in [6.45, 7) is -0.0755. The van der Waals surface area contributed by atoms with Crippen molar-refractivity contribution in [1.29, 1.82) is 0 Å². The van der Waals surface area contributed by atoms with Crippen LogP contribution in [-0.2, 0) is 4.79 Å². The highest BCUT2D eigenvalue weighted by molar-refractivity contribution is 14.0. The normalized spacial score (nSPS) is 10.5. The standard InChI is InChI=1S/C21H20N4O2.HI/c22-21(23-15-20(26)24-16-8-3-1-4-9-16)25-17-10-7-13-19(14-17)27-18-11-5-2-6-12-18;/h1-14H,15H2,(H,24,26)(H3,22,23,25);1H. The average Bonchev–Trinajstić information content (AvgIpc) is 2.68. The number of nitrogens with zero attached hydrogens (tertiary/aromatic N) is 1. The van der Waals surface area contributed by atoms with Crippen molar-refractivity contribution in [2.45, 2.75) is 0 Å². The smallest absolute Gasteiger partial charge is 0.246 e. The minimum atomic E-state index is -0.243. The zero-order valence-electron chi connectivity index (χ0n) is 15.0. The van der Waals surface area contributed by atoms with E-state index in [0.29, 0.717) is 11.4 Å². The fourth-order valence-corrected chi connectivity index (χ4v) is 2.33. The molecule has 6 nitrogen and oxygen atoms in total. The van der Waals surface area contributed by atoms with Crippen LogP contribution >= 0.6 is 24.0 Å². The number of para-hydroxylation sites is 2. The van der Waals surface area contributed by atoms with Gasteiger partial charge in [-0.1, -0.05) is 42.5 Å². The number of ether oxygens (including phenoxy) is 1. The summed E-state index contributed by atoms with van der Waals surface area (Å²) in [6, 6.07) is 26.0. The molecule has 0 aliphatic carbocycles. The topological polar surface area (TPSA) is 88.7 Å². The number of hydrogen-bond acceptors (Lipinski definition) is 3. The maximum absolute atomic E-state index is 11.9. The number of benzene rings is 3. The third kappa shape index (κ3) is 6.92. The molecule has 0 aliphatic rings. The first-order chi connectivity index (χ1) is 13.2. The van der Waals surface area contributed by atoms with Gasteiger partial charge in [0.1, 0.15) is 18.0 Å². The summed E-state index contributed by atoms with van der Waals surface area (Å²) in [5, 5.41) is 5.70. The van der Waals surface area contributed by atoms with Gasteiger partial charge >= 0.3 is 0 Å². The molecule has 0 aliphatic heterocycles. The Labute approximate surface area is 180 Å². The number of halogens is 1. The summed E-state index contributed by atoms with van der Waals surface area (Å²) in [5.74, 6) is 1.32. The van der Waals surface area contributed by atoms with Crippen molar-refractivity contribution in [3.05, 3.63) is 84.9 Å². The van der Waals surface area contributed by atoms with E-state index in [1.807, 2.05) is 66.7 Å². The molecular formula is C21H21IN4O2. The number of rotatable bonds is 6. The maximum atomic E-state index is 11.9. The minimum Gasteiger partial charge on any atom is -0.457 e. The molecule has 0 saturated carbocycles. The number of nitrogens with one attached hydrogen (secondary N) is 2. The fourth-order valence-electron chi connectivity index (χ4n) is 2.33. The van der Waals surface area contributed by atoms with E-state index in [-0.39, 0.29) is 42.4 Å². The lowest BCUT2D eigenvalue weighted by Gasteiger charge is -2.09. The van der Waals surface area contributed by atoms with Gasteiger partial charge in [0.25, 0.3) is 0 Å². The minimum absolute atomic E-state index is 0. The second kappa shape index (κ2) is 10.9. The second-order valence-electron chi connectivity index (χ2n) is 5.68. The maximum Gasteiger partial charge on any atom is 0.246 e. The first-order valence-electron chi connectivity index (χ1n) is 8.44. The first-order valence-corrected chi connectivity index (χ1v) is 8.44. The van der Waals surface area contributed by atoms with E-state index >= 15 is 0 Å². The summed E-state index contributed by atoms with van der Waals surface area (Å²) < 4.78 is 5.78. The van der Waals surface area contributed by atoms with Gasteiger partial charge < -0.3 is 21.1 Å². The predicted molar refractivity (Wildman–Crippen MR) is 124 cm³/mol. The van der Waals surface area contributed by atoms with Gasteiger partial charge in [-0.3, -0.25) is 4.79 Å². The highest BCUT2D eigenvalue weighted by atomic mass is 127. The van der Waals surface area contributed by atoms with Gasteiger partial charge in [0.15, 0.2) is 5.96 Å². The summed E-state index contributed by atoms with van der Waals surface area (Å²) in [5.41, 5.74) is 7.30. The quantitative estimate of drug-likeness (QED) is 0.272. The van der Waals surface area contributed by atoms with Gasteiger partial charge in [0, 0.05) is 17.4 Å². The van der Waals surface area contributed by atoms with Crippen molar-refractivity contribution >= 4 is 47.2 Å². The summed E-state index contributed by atoms with van der Waals surface area (Å²) in [7, 11) is 0. The van der Waals surface area contributed by atoms with Crippen molar-refractivity contribution in [2.75, 3.05) is 17.2 Å². The number of guanidine groups is 1. The molecule has 4 N–H and O–H groups in total. The molecule has 0 heterocycles. The summed E-state index contributed by atoms with van der Waals surface area (Å²) in [6.07, 6.45) is 0. The molecule has 7 heteroatoms. The molecule has 3 aromatic carbocycles. The molecule has 0 atom stereocenters. The Hall–Kier alpha value is -3.07. The van der Waals surface area contributed by atoms with Gasteiger partial charge in [0.2, 0.25) is 5.91 Å². The summed E-state index contributed by atoms with van der Waals surface area (Å²) >= 11 is 0. The molecule has 0 fully saturated rings. The van der Waals surface area contributed by atoms with Crippen LogP contribution in [0.3, 0.4) is 0 Å². The van der Waals surface area contributed by atoms with Crippen LogP contribution in [0.25, 0.3) is 0 Å². The molecule has 3 aromatic rings. The monoisotopic (exact) mass is 488 g/mol. The van der Waals surface area contributed by atoms with Crippen molar-refractivity contribution < 1.29 is 9.53 Å². The van der Waals surface area contributed by atoms with Gasteiger partial charge in [-0.15, -0.1) is 24.0 Å². The van der Waals surface area contributed by atoms with E-state index in [1.165, 1.54) is 0 Å². The van der Waals surface area contributed by atoms with Crippen LogP contribution in [0.2, 0.25) is 0 Å². The van der Waals surface area contributed by atoms with Crippen molar-refractivity contribution in [1.82, 2.24) is 0 Å². The highest BCUT2D eigenvalue weighted by Crippen LogP contribution is 2.23. The van der Waals surface area contributed by atoms with Crippen LogP contribution in [-0.4, -0.2) is 18.4 Å². The van der Waals surface area contributed by atoms with E-state index in [9.17, 15) is 4.79 Å². The lowest BCUT2D eigenvalue weighted by Crippen LogP contribution is -2.25. The SMILES string of the molecule is I.NC(=NCC(=O)Nc1ccccc1)Nc1cccc(Oc2ccccc2)c1. The molecule has 0 bridgehead atoms. The number of aliphatic imine (C=N–C) groups is 1. The van der Waals surface area contributed by atoms with E-state index in [0.717, 1.165) is 11.4 Å². The largest absolute Gasteiger partial charge is 0.457 e. The summed E-state index contributed by atoms with van der Waals surface area (Å²) in [4.78, 5) is 16.0. The molecular weight excluding hydrogens is 467 g/mol. The molecule has 0 radical (unpaired) electrons.